The number of nitrogens with one attached hydrogen (secondary N) is 3. The van der Waals surface area contributed by atoms with Crippen LogP contribution in [0.15, 0.2) is 41.7 Å². The molecule has 0 aliphatic rings. The van der Waals surface area contributed by atoms with Crippen molar-refractivity contribution in [1.82, 2.24) is 14.7 Å². The SMILES string of the molecule is CNc1ccccc1S(=O)(=O)NCCc1cnc[nH]1. The second-order valence-electron chi connectivity index (χ2n) is 3.97. The van der Waals surface area contributed by atoms with Crippen molar-refractivity contribution in [3.63, 3.8) is 0 Å². The van der Waals surface area contributed by atoms with E-state index in [1.54, 1.807) is 43.8 Å². The lowest BCUT2D eigenvalue weighted by Crippen LogP contribution is -2.26. The van der Waals surface area contributed by atoms with Crippen molar-refractivity contribution in [3.05, 3.63) is 42.5 Å². The molecule has 0 aliphatic heterocycles. The number of rotatable bonds is 6. The van der Waals surface area contributed by atoms with Crippen LogP contribution in [-0.4, -0.2) is 32.0 Å². The first-order valence-electron chi connectivity index (χ1n) is 5.87. The molecule has 1 aromatic carbocycles. The highest BCUT2D eigenvalue weighted by Crippen LogP contribution is 2.19. The molecular formula is C12H16N4O2S. The molecule has 2 aromatic rings. The van der Waals surface area contributed by atoms with Crippen LogP contribution in [0.2, 0.25) is 0 Å². The molecule has 7 heteroatoms. The Bertz CT molecular complexity index is 623. The minimum Gasteiger partial charge on any atom is -0.387 e. The third-order valence-electron chi connectivity index (χ3n) is 2.69. The lowest BCUT2D eigenvalue weighted by molar-refractivity contribution is 0.581. The van der Waals surface area contributed by atoms with Gasteiger partial charge in [0.05, 0.1) is 12.0 Å². The molecule has 19 heavy (non-hydrogen) atoms. The monoisotopic (exact) mass is 280 g/mol. The quantitative estimate of drug-likeness (QED) is 0.736. The minimum atomic E-state index is -3.50. The summed E-state index contributed by atoms with van der Waals surface area (Å²) >= 11 is 0. The van der Waals surface area contributed by atoms with Gasteiger partial charge in [-0.1, -0.05) is 12.1 Å². The van der Waals surface area contributed by atoms with Crippen molar-refractivity contribution >= 4 is 15.7 Å². The molecular weight excluding hydrogens is 264 g/mol. The number of anilines is 1. The van der Waals surface area contributed by atoms with Gasteiger partial charge in [0.1, 0.15) is 4.90 Å². The highest BCUT2D eigenvalue weighted by atomic mass is 32.2. The van der Waals surface area contributed by atoms with Gasteiger partial charge in [0, 0.05) is 31.9 Å². The number of imidazole rings is 1. The van der Waals surface area contributed by atoms with Gasteiger partial charge in [-0.05, 0) is 12.1 Å². The van der Waals surface area contributed by atoms with E-state index in [4.69, 9.17) is 0 Å². The van der Waals surface area contributed by atoms with Crippen LogP contribution in [0, 0.1) is 0 Å². The fourth-order valence-corrected chi connectivity index (χ4v) is 2.97. The van der Waals surface area contributed by atoms with E-state index in [9.17, 15) is 8.42 Å². The molecule has 0 bridgehead atoms. The maximum atomic E-state index is 12.2. The Labute approximate surface area is 112 Å². The molecule has 1 heterocycles. The molecule has 0 unspecified atom stereocenters. The van der Waals surface area contributed by atoms with Gasteiger partial charge in [0.2, 0.25) is 10.0 Å². The zero-order valence-electron chi connectivity index (χ0n) is 10.6. The van der Waals surface area contributed by atoms with Gasteiger partial charge in [-0.2, -0.15) is 0 Å². The van der Waals surface area contributed by atoms with Gasteiger partial charge in [0.25, 0.3) is 0 Å². The Morgan fingerprint density at radius 1 is 1.32 bits per heavy atom. The second kappa shape index (κ2) is 5.85. The number of para-hydroxylation sites is 1. The molecule has 0 saturated heterocycles. The van der Waals surface area contributed by atoms with Crippen LogP contribution in [0.3, 0.4) is 0 Å². The summed E-state index contributed by atoms with van der Waals surface area (Å²) in [5.74, 6) is 0. The zero-order valence-corrected chi connectivity index (χ0v) is 11.4. The summed E-state index contributed by atoms with van der Waals surface area (Å²) in [6, 6.07) is 6.79. The van der Waals surface area contributed by atoms with Crippen molar-refractivity contribution in [2.75, 3.05) is 18.9 Å². The first kappa shape index (κ1) is 13.6. The molecule has 1 aromatic heterocycles. The van der Waals surface area contributed by atoms with Gasteiger partial charge in [-0.15, -0.1) is 0 Å². The van der Waals surface area contributed by atoms with Crippen molar-refractivity contribution in [2.45, 2.75) is 11.3 Å². The summed E-state index contributed by atoms with van der Waals surface area (Å²) in [4.78, 5) is 7.06. The van der Waals surface area contributed by atoms with Crippen LogP contribution in [0.25, 0.3) is 0 Å². The number of hydrogen-bond donors (Lipinski definition) is 3. The summed E-state index contributed by atoms with van der Waals surface area (Å²) < 4.78 is 26.9. The van der Waals surface area contributed by atoms with E-state index in [1.165, 1.54) is 0 Å². The molecule has 102 valence electrons. The highest BCUT2D eigenvalue weighted by Gasteiger charge is 2.16. The van der Waals surface area contributed by atoms with E-state index in [2.05, 4.69) is 20.0 Å². The fourth-order valence-electron chi connectivity index (χ4n) is 1.73. The Morgan fingerprint density at radius 2 is 2.11 bits per heavy atom. The summed E-state index contributed by atoms with van der Waals surface area (Å²) in [7, 11) is -1.81. The molecule has 3 N–H and O–H groups in total. The standard InChI is InChI=1S/C12H16N4O2S/c1-13-11-4-2-3-5-12(11)19(17,18)16-7-6-10-8-14-9-15-10/h2-5,8-9,13,16H,6-7H2,1H3,(H,14,15). The number of sulfonamides is 1. The molecule has 6 nitrogen and oxygen atoms in total. The summed E-state index contributed by atoms with van der Waals surface area (Å²) in [6.07, 6.45) is 3.82. The van der Waals surface area contributed by atoms with E-state index in [-0.39, 0.29) is 4.90 Å². The van der Waals surface area contributed by atoms with Gasteiger partial charge in [0.15, 0.2) is 0 Å². The average molecular weight is 280 g/mol. The highest BCUT2D eigenvalue weighted by molar-refractivity contribution is 7.89. The lowest BCUT2D eigenvalue weighted by Gasteiger charge is -2.10. The molecule has 0 atom stereocenters. The molecule has 0 aliphatic carbocycles. The van der Waals surface area contributed by atoms with Gasteiger partial charge in [-0.3, -0.25) is 0 Å². The fraction of sp³-hybridized carbons (Fsp3) is 0.250. The summed E-state index contributed by atoms with van der Waals surface area (Å²) in [5.41, 5.74) is 1.47. The minimum absolute atomic E-state index is 0.252. The lowest BCUT2D eigenvalue weighted by atomic mass is 10.3. The zero-order chi connectivity index (χ0) is 13.7. The Kier molecular flexibility index (Phi) is 4.18. The van der Waals surface area contributed by atoms with Crippen LogP contribution < -0.4 is 10.0 Å². The molecule has 0 fully saturated rings. The molecule has 0 radical (unpaired) electrons. The normalized spacial score (nSPS) is 11.4. The summed E-state index contributed by atoms with van der Waals surface area (Å²) in [6.45, 7) is 0.322. The van der Waals surface area contributed by atoms with Crippen molar-refractivity contribution in [2.24, 2.45) is 0 Å². The van der Waals surface area contributed by atoms with Crippen LogP contribution in [0.5, 0.6) is 0 Å². The van der Waals surface area contributed by atoms with Crippen LogP contribution in [-0.2, 0) is 16.4 Å². The summed E-state index contributed by atoms with van der Waals surface area (Å²) in [5, 5.41) is 2.87. The average Bonchev–Trinajstić information content (AvgIpc) is 2.91. The van der Waals surface area contributed by atoms with Gasteiger partial charge >= 0.3 is 0 Å². The third-order valence-corrected chi connectivity index (χ3v) is 4.21. The molecule has 0 spiro atoms. The number of hydrogen-bond acceptors (Lipinski definition) is 4. The predicted octanol–water partition coefficient (Wildman–Crippen LogP) is 0.972. The molecule has 0 saturated carbocycles. The Hall–Kier alpha value is -1.86. The number of nitrogens with zero attached hydrogens (tertiary/aromatic N) is 1. The van der Waals surface area contributed by atoms with Crippen LogP contribution >= 0.6 is 0 Å². The first-order chi connectivity index (χ1) is 9.13. The van der Waals surface area contributed by atoms with E-state index in [0.717, 1.165) is 5.69 Å². The maximum absolute atomic E-state index is 12.2. The first-order valence-corrected chi connectivity index (χ1v) is 7.35. The van der Waals surface area contributed by atoms with Crippen molar-refractivity contribution < 1.29 is 8.42 Å². The topological polar surface area (TPSA) is 86.9 Å². The van der Waals surface area contributed by atoms with E-state index in [1.807, 2.05) is 0 Å². The number of H-pyrrole nitrogens is 1. The Balaban J connectivity index is 2.05. The Morgan fingerprint density at radius 3 is 2.79 bits per heavy atom. The van der Waals surface area contributed by atoms with Gasteiger partial charge in [-0.25, -0.2) is 18.1 Å². The number of aromatic amines is 1. The van der Waals surface area contributed by atoms with E-state index in [0.29, 0.717) is 18.7 Å². The van der Waals surface area contributed by atoms with E-state index >= 15 is 0 Å². The smallest absolute Gasteiger partial charge is 0.242 e. The van der Waals surface area contributed by atoms with Crippen LogP contribution in [0.1, 0.15) is 5.69 Å². The van der Waals surface area contributed by atoms with E-state index < -0.39 is 10.0 Å². The maximum Gasteiger partial charge on any atom is 0.242 e. The van der Waals surface area contributed by atoms with Gasteiger partial charge < -0.3 is 10.3 Å². The van der Waals surface area contributed by atoms with Crippen molar-refractivity contribution in [3.8, 4) is 0 Å². The third kappa shape index (κ3) is 3.33. The molecule has 2 rings (SSSR count). The second-order valence-corrected chi connectivity index (χ2v) is 5.71. The van der Waals surface area contributed by atoms with Crippen LogP contribution in [0.4, 0.5) is 5.69 Å². The number of aromatic nitrogens is 2. The largest absolute Gasteiger partial charge is 0.387 e. The predicted molar refractivity (Wildman–Crippen MR) is 73.5 cm³/mol. The number of benzene rings is 1. The molecule has 0 amide bonds. The van der Waals surface area contributed by atoms with Crippen molar-refractivity contribution in [1.29, 1.82) is 0 Å².